The van der Waals surface area contributed by atoms with Crippen LogP contribution >= 0.6 is 0 Å². The summed E-state index contributed by atoms with van der Waals surface area (Å²) in [5.41, 5.74) is 5.11. The summed E-state index contributed by atoms with van der Waals surface area (Å²) in [6.07, 6.45) is -1.34. The van der Waals surface area contributed by atoms with E-state index >= 15 is 0 Å². The Morgan fingerprint density at radius 3 is 2.00 bits per heavy atom. The lowest BCUT2D eigenvalue weighted by Gasteiger charge is -2.17. The number of aliphatic hydroxyl groups excluding tert-OH is 1. The maximum atomic E-state index is 8.94. The van der Waals surface area contributed by atoms with Crippen LogP contribution in [-0.2, 0) is 9.47 Å². The summed E-state index contributed by atoms with van der Waals surface area (Å²) in [4.78, 5) is 0. The number of ether oxygens (including phenoxy) is 2. The molecule has 0 aromatic carbocycles. The van der Waals surface area contributed by atoms with Crippen LogP contribution in [-0.4, -0.2) is 38.3 Å². The number of aliphatic hydroxyl groups is 1. The average Bonchev–Trinajstić information content (AvgIpc) is 1.90. The number of nitrogens with two attached hydrogens (primary N) is 1. The molecule has 0 spiro atoms. The van der Waals surface area contributed by atoms with E-state index in [1.165, 1.54) is 14.2 Å². The predicted molar refractivity (Wildman–Crippen MR) is 32.9 cm³/mol. The van der Waals surface area contributed by atoms with Crippen molar-refractivity contribution in [3.63, 3.8) is 0 Å². The molecule has 0 bridgehead atoms. The van der Waals surface area contributed by atoms with E-state index in [1.807, 2.05) is 0 Å². The Morgan fingerprint density at radius 1 is 1.44 bits per heavy atom. The molecule has 0 aromatic rings. The van der Waals surface area contributed by atoms with Crippen molar-refractivity contribution >= 4 is 0 Å². The Labute approximate surface area is 54.6 Å². The largest absolute Gasteiger partial charge is 0.386 e. The van der Waals surface area contributed by atoms with Crippen LogP contribution in [0.5, 0.6) is 0 Å². The molecule has 0 amide bonds. The topological polar surface area (TPSA) is 64.7 Å². The lowest BCUT2D eigenvalue weighted by atomic mass is 10.3. The maximum Gasteiger partial charge on any atom is 0.183 e. The first-order valence-electron chi connectivity index (χ1n) is 2.70. The second-order valence-corrected chi connectivity index (χ2v) is 1.64. The van der Waals surface area contributed by atoms with Crippen molar-refractivity contribution in [3.05, 3.63) is 0 Å². The Kier molecular flexibility index (Phi) is 4.61. The Bertz CT molecular complexity index is 65.2. The van der Waals surface area contributed by atoms with Crippen LogP contribution in [0.25, 0.3) is 0 Å². The number of hydrogen-bond acceptors (Lipinski definition) is 4. The van der Waals surface area contributed by atoms with Gasteiger partial charge in [0.05, 0.1) is 0 Å². The van der Waals surface area contributed by atoms with Crippen LogP contribution < -0.4 is 5.73 Å². The third kappa shape index (κ3) is 2.76. The predicted octanol–water partition coefficient (Wildman–Crippen LogP) is -1.08. The fourth-order valence-corrected chi connectivity index (χ4v) is 0.522. The van der Waals surface area contributed by atoms with Crippen LogP contribution in [0.2, 0.25) is 0 Å². The highest BCUT2D eigenvalue weighted by Crippen LogP contribution is 1.95. The van der Waals surface area contributed by atoms with Crippen molar-refractivity contribution < 1.29 is 14.6 Å². The molecule has 0 aliphatic rings. The smallest absolute Gasteiger partial charge is 0.183 e. The van der Waals surface area contributed by atoms with E-state index in [0.717, 1.165) is 0 Å². The summed E-state index contributed by atoms with van der Waals surface area (Å²) < 4.78 is 9.40. The van der Waals surface area contributed by atoms with Gasteiger partial charge in [0.15, 0.2) is 6.29 Å². The van der Waals surface area contributed by atoms with Gasteiger partial charge in [0, 0.05) is 20.8 Å². The molecule has 4 nitrogen and oxygen atoms in total. The van der Waals surface area contributed by atoms with Gasteiger partial charge >= 0.3 is 0 Å². The molecule has 3 N–H and O–H groups in total. The van der Waals surface area contributed by atoms with Crippen molar-refractivity contribution in [3.8, 4) is 0 Å². The van der Waals surface area contributed by atoms with Gasteiger partial charge in [-0.1, -0.05) is 0 Å². The fraction of sp³-hybridized carbons (Fsp3) is 1.00. The molecular formula is C5H13NO3. The zero-order valence-corrected chi connectivity index (χ0v) is 5.70. The third-order valence-electron chi connectivity index (χ3n) is 1.02. The van der Waals surface area contributed by atoms with Crippen LogP contribution in [0.15, 0.2) is 0 Å². The lowest BCUT2D eigenvalue weighted by molar-refractivity contribution is -0.160. The molecule has 0 aliphatic heterocycles. The zero-order valence-electron chi connectivity index (χ0n) is 5.70. The van der Waals surface area contributed by atoms with Gasteiger partial charge in [-0.2, -0.15) is 0 Å². The highest BCUT2D eigenvalue weighted by atomic mass is 16.7. The van der Waals surface area contributed by atoms with Crippen LogP contribution in [0.4, 0.5) is 0 Å². The van der Waals surface area contributed by atoms with E-state index in [2.05, 4.69) is 0 Å². The molecule has 0 aromatic heterocycles. The molecule has 4 heteroatoms. The van der Waals surface area contributed by atoms with Crippen LogP contribution in [0, 0.1) is 0 Å². The minimum Gasteiger partial charge on any atom is -0.386 e. The molecule has 0 rings (SSSR count). The summed E-state index contributed by atoms with van der Waals surface area (Å²) in [7, 11) is 2.90. The number of rotatable bonds is 4. The molecule has 56 valence electrons. The highest BCUT2D eigenvalue weighted by Gasteiger charge is 2.14. The minimum atomic E-state index is -0.736. The van der Waals surface area contributed by atoms with E-state index in [-0.39, 0.29) is 6.54 Å². The summed E-state index contributed by atoms with van der Waals surface area (Å²) in [6, 6.07) is 0. The minimum absolute atomic E-state index is 0.145. The second kappa shape index (κ2) is 4.69. The number of methoxy groups -OCH3 is 2. The monoisotopic (exact) mass is 135 g/mol. The second-order valence-electron chi connectivity index (χ2n) is 1.64. The summed E-state index contributed by atoms with van der Waals surface area (Å²) >= 11 is 0. The highest BCUT2D eigenvalue weighted by molar-refractivity contribution is 4.58. The molecular weight excluding hydrogens is 122 g/mol. The van der Waals surface area contributed by atoms with Gasteiger partial charge in [0.1, 0.15) is 6.10 Å². The molecule has 0 saturated carbocycles. The maximum absolute atomic E-state index is 8.94. The van der Waals surface area contributed by atoms with Crippen molar-refractivity contribution in [1.82, 2.24) is 0 Å². The summed E-state index contributed by atoms with van der Waals surface area (Å²) in [5, 5.41) is 8.94. The number of hydrogen-bond donors (Lipinski definition) is 2. The summed E-state index contributed by atoms with van der Waals surface area (Å²) in [5.74, 6) is 0. The van der Waals surface area contributed by atoms with Gasteiger partial charge < -0.3 is 20.3 Å². The van der Waals surface area contributed by atoms with E-state index in [1.54, 1.807) is 0 Å². The Balaban J connectivity index is 3.50. The molecule has 0 unspecified atom stereocenters. The third-order valence-corrected chi connectivity index (χ3v) is 1.02. The van der Waals surface area contributed by atoms with Gasteiger partial charge in [0.25, 0.3) is 0 Å². The molecule has 0 aliphatic carbocycles. The molecule has 0 fully saturated rings. The van der Waals surface area contributed by atoms with E-state index < -0.39 is 12.4 Å². The van der Waals surface area contributed by atoms with Crippen molar-refractivity contribution in [2.24, 2.45) is 5.73 Å². The SMILES string of the molecule is COC(OC)[C@H](O)CN. The first kappa shape index (κ1) is 8.84. The van der Waals surface area contributed by atoms with E-state index in [9.17, 15) is 0 Å². The van der Waals surface area contributed by atoms with Gasteiger partial charge in [-0.05, 0) is 0 Å². The quantitative estimate of drug-likeness (QED) is 0.481. The van der Waals surface area contributed by atoms with E-state index in [4.69, 9.17) is 20.3 Å². The van der Waals surface area contributed by atoms with Gasteiger partial charge in [-0.25, -0.2) is 0 Å². The first-order chi connectivity index (χ1) is 4.26. The normalized spacial score (nSPS) is 14.3. The molecule has 0 saturated heterocycles. The van der Waals surface area contributed by atoms with Crippen molar-refractivity contribution in [1.29, 1.82) is 0 Å². The van der Waals surface area contributed by atoms with E-state index in [0.29, 0.717) is 0 Å². The Hall–Kier alpha value is -0.160. The van der Waals surface area contributed by atoms with Crippen molar-refractivity contribution in [2.75, 3.05) is 20.8 Å². The molecule has 9 heavy (non-hydrogen) atoms. The fourth-order valence-electron chi connectivity index (χ4n) is 0.522. The standard InChI is InChI=1S/C5H13NO3/c1-8-5(9-2)4(7)3-6/h4-5,7H,3,6H2,1-2H3/t4-/m1/s1. The van der Waals surface area contributed by atoms with Gasteiger partial charge in [-0.3, -0.25) is 0 Å². The molecule has 0 radical (unpaired) electrons. The Morgan fingerprint density at radius 2 is 1.89 bits per heavy atom. The van der Waals surface area contributed by atoms with Gasteiger partial charge in [0.2, 0.25) is 0 Å². The summed E-state index contributed by atoms with van der Waals surface area (Å²) in [6.45, 7) is 0.145. The van der Waals surface area contributed by atoms with Gasteiger partial charge in [-0.15, -0.1) is 0 Å². The first-order valence-corrected chi connectivity index (χ1v) is 2.70. The van der Waals surface area contributed by atoms with Crippen molar-refractivity contribution in [2.45, 2.75) is 12.4 Å². The average molecular weight is 135 g/mol. The van der Waals surface area contributed by atoms with Crippen LogP contribution in [0.1, 0.15) is 0 Å². The zero-order chi connectivity index (χ0) is 7.28. The molecule has 1 atom stereocenters. The lowest BCUT2D eigenvalue weighted by Crippen LogP contribution is -2.35. The molecule has 0 heterocycles. The van der Waals surface area contributed by atoms with Crippen LogP contribution in [0.3, 0.4) is 0 Å².